The predicted molar refractivity (Wildman–Crippen MR) is 79.9 cm³/mol. The van der Waals surface area contributed by atoms with Gasteiger partial charge in [0.05, 0.1) is 11.4 Å². The molecule has 102 valence electrons. The number of aromatic nitrogens is 2. The Morgan fingerprint density at radius 3 is 2.63 bits per heavy atom. The molecule has 19 heavy (non-hydrogen) atoms. The Bertz CT molecular complexity index is 569. The zero-order valence-corrected chi connectivity index (χ0v) is 12.5. The third-order valence-electron chi connectivity index (χ3n) is 3.84. The maximum absolute atomic E-state index is 4.67. The maximum atomic E-state index is 4.67. The number of nitrogens with zero attached hydrogens (tertiary/aromatic N) is 2. The number of hydrogen-bond donors (Lipinski definition) is 1. The monoisotopic (exact) mass is 257 g/mol. The molecular weight excluding hydrogens is 234 g/mol. The number of aryl methyl sites for hydroxylation is 1. The van der Waals surface area contributed by atoms with Crippen molar-refractivity contribution < 1.29 is 0 Å². The van der Waals surface area contributed by atoms with Gasteiger partial charge in [-0.2, -0.15) is 5.10 Å². The molecule has 1 aromatic carbocycles. The summed E-state index contributed by atoms with van der Waals surface area (Å²) in [6.45, 7) is 8.58. The van der Waals surface area contributed by atoms with Gasteiger partial charge in [-0.15, -0.1) is 0 Å². The highest BCUT2D eigenvalue weighted by atomic mass is 15.3. The molecule has 1 heterocycles. The van der Waals surface area contributed by atoms with Crippen LogP contribution in [0.4, 0.5) is 0 Å². The Morgan fingerprint density at radius 1 is 1.32 bits per heavy atom. The maximum Gasteiger partial charge on any atom is 0.0652 e. The van der Waals surface area contributed by atoms with Gasteiger partial charge in [0.25, 0.3) is 0 Å². The van der Waals surface area contributed by atoms with Crippen LogP contribution >= 0.6 is 0 Å². The first-order valence-corrected chi connectivity index (χ1v) is 6.91. The smallest absolute Gasteiger partial charge is 0.0652 e. The van der Waals surface area contributed by atoms with Crippen molar-refractivity contribution in [2.24, 2.45) is 0 Å². The second kappa shape index (κ2) is 5.57. The Labute approximate surface area is 115 Å². The molecule has 0 bridgehead atoms. The third-order valence-corrected chi connectivity index (χ3v) is 3.84. The van der Waals surface area contributed by atoms with Crippen molar-refractivity contribution in [3.63, 3.8) is 0 Å². The van der Waals surface area contributed by atoms with Gasteiger partial charge in [0.15, 0.2) is 0 Å². The Kier molecular flexibility index (Phi) is 4.05. The number of hydrogen-bond acceptors (Lipinski definition) is 2. The van der Waals surface area contributed by atoms with E-state index in [1.807, 2.05) is 7.05 Å². The average Bonchev–Trinajstić information content (AvgIpc) is 2.72. The molecule has 3 nitrogen and oxygen atoms in total. The van der Waals surface area contributed by atoms with Crippen LogP contribution in [-0.2, 0) is 6.42 Å². The van der Waals surface area contributed by atoms with Crippen LogP contribution in [0.3, 0.4) is 0 Å². The van der Waals surface area contributed by atoms with Gasteiger partial charge in [0, 0.05) is 11.7 Å². The molecule has 1 atom stereocenters. The minimum Gasteiger partial charge on any atom is -0.313 e. The molecule has 0 amide bonds. The molecule has 0 fully saturated rings. The SMILES string of the molecule is CCc1c(C)nn(-c2cccc(C(C)NC)c2)c1C. The fraction of sp³-hybridized carbons (Fsp3) is 0.438. The van der Waals surface area contributed by atoms with Crippen LogP contribution in [0.25, 0.3) is 5.69 Å². The van der Waals surface area contributed by atoms with Crippen LogP contribution in [-0.4, -0.2) is 16.8 Å². The summed E-state index contributed by atoms with van der Waals surface area (Å²) in [5, 5.41) is 7.95. The highest BCUT2D eigenvalue weighted by Crippen LogP contribution is 2.21. The van der Waals surface area contributed by atoms with E-state index in [4.69, 9.17) is 0 Å². The van der Waals surface area contributed by atoms with E-state index in [2.05, 4.69) is 67.1 Å². The lowest BCUT2D eigenvalue weighted by Gasteiger charge is -2.13. The fourth-order valence-corrected chi connectivity index (χ4v) is 2.53. The van der Waals surface area contributed by atoms with Gasteiger partial charge in [-0.1, -0.05) is 19.1 Å². The summed E-state index contributed by atoms with van der Waals surface area (Å²) in [6.07, 6.45) is 1.03. The molecule has 0 aliphatic rings. The first kappa shape index (κ1) is 13.8. The third kappa shape index (κ3) is 2.56. The van der Waals surface area contributed by atoms with Crippen LogP contribution in [0.1, 0.15) is 42.4 Å². The van der Waals surface area contributed by atoms with Crippen molar-refractivity contribution in [3.8, 4) is 5.69 Å². The number of nitrogens with one attached hydrogen (secondary N) is 1. The van der Waals surface area contributed by atoms with E-state index in [1.54, 1.807) is 0 Å². The second-order valence-electron chi connectivity index (χ2n) is 5.02. The molecule has 1 aromatic heterocycles. The standard InChI is InChI=1S/C16H23N3/c1-6-16-12(3)18-19(13(16)4)15-9-7-8-14(10-15)11(2)17-5/h7-11,17H,6H2,1-5H3. The zero-order valence-electron chi connectivity index (χ0n) is 12.5. The van der Waals surface area contributed by atoms with Crippen LogP contribution in [0.2, 0.25) is 0 Å². The normalized spacial score (nSPS) is 12.7. The zero-order chi connectivity index (χ0) is 14.0. The number of rotatable bonds is 4. The van der Waals surface area contributed by atoms with Gasteiger partial charge in [-0.25, -0.2) is 4.68 Å². The van der Waals surface area contributed by atoms with Crippen LogP contribution in [0, 0.1) is 13.8 Å². The first-order valence-electron chi connectivity index (χ1n) is 6.91. The molecule has 0 spiro atoms. The lowest BCUT2D eigenvalue weighted by atomic mass is 10.1. The molecule has 0 saturated heterocycles. The summed E-state index contributed by atoms with van der Waals surface area (Å²) < 4.78 is 2.06. The van der Waals surface area contributed by atoms with Crippen molar-refractivity contribution in [1.29, 1.82) is 0 Å². The molecule has 0 saturated carbocycles. The van der Waals surface area contributed by atoms with Crippen LogP contribution < -0.4 is 5.32 Å². The van der Waals surface area contributed by atoms with Crippen LogP contribution in [0.15, 0.2) is 24.3 Å². The molecule has 1 N–H and O–H groups in total. The van der Waals surface area contributed by atoms with Gasteiger partial charge in [-0.3, -0.25) is 0 Å². The van der Waals surface area contributed by atoms with Crippen molar-refractivity contribution in [2.45, 2.75) is 40.2 Å². The molecule has 0 aliphatic heterocycles. The molecule has 1 unspecified atom stereocenters. The lowest BCUT2D eigenvalue weighted by molar-refractivity contribution is 0.651. The molecule has 0 radical (unpaired) electrons. The molecule has 2 aromatic rings. The van der Waals surface area contributed by atoms with E-state index in [1.165, 1.54) is 16.8 Å². The average molecular weight is 257 g/mol. The summed E-state index contributed by atoms with van der Waals surface area (Å²) >= 11 is 0. The van der Waals surface area contributed by atoms with Crippen molar-refractivity contribution in [1.82, 2.24) is 15.1 Å². The van der Waals surface area contributed by atoms with E-state index >= 15 is 0 Å². The molecule has 3 heteroatoms. The Morgan fingerprint density at radius 2 is 2.05 bits per heavy atom. The summed E-state index contributed by atoms with van der Waals surface area (Å²) in [7, 11) is 1.98. The largest absolute Gasteiger partial charge is 0.313 e. The second-order valence-corrected chi connectivity index (χ2v) is 5.02. The van der Waals surface area contributed by atoms with E-state index in [9.17, 15) is 0 Å². The van der Waals surface area contributed by atoms with Gasteiger partial charge >= 0.3 is 0 Å². The van der Waals surface area contributed by atoms with E-state index in [0.29, 0.717) is 6.04 Å². The topological polar surface area (TPSA) is 29.9 Å². The number of benzene rings is 1. The minimum atomic E-state index is 0.350. The highest BCUT2D eigenvalue weighted by Gasteiger charge is 2.12. The lowest BCUT2D eigenvalue weighted by Crippen LogP contribution is -2.12. The van der Waals surface area contributed by atoms with E-state index in [-0.39, 0.29) is 0 Å². The quantitative estimate of drug-likeness (QED) is 0.910. The summed E-state index contributed by atoms with van der Waals surface area (Å²) in [4.78, 5) is 0. The Balaban J connectivity index is 2.47. The summed E-state index contributed by atoms with van der Waals surface area (Å²) in [6, 6.07) is 8.92. The molecule has 2 rings (SSSR count). The predicted octanol–water partition coefficient (Wildman–Crippen LogP) is 3.33. The fourth-order valence-electron chi connectivity index (χ4n) is 2.53. The molecule has 0 aliphatic carbocycles. The van der Waals surface area contributed by atoms with Gasteiger partial charge in [0.2, 0.25) is 0 Å². The van der Waals surface area contributed by atoms with Gasteiger partial charge in [-0.05, 0) is 57.5 Å². The van der Waals surface area contributed by atoms with Crippen LogP contribution in [0.5, 0.6) is 0 Å². The Hall–Kier alpha value is -1.61. The van der Waals surface area contributed by atoms with E-state index < -0.39 is 0 Å². The van der Waals surface area contributed by atoms with Crippen molar-refractivity contribution >= 4 is 0 Å². The summed E-state index contributed by atoms with van der Waals surface area (Å²) in [5.74, 6) is 0. The van der Waals surface area contributed by atoms with Crippen molar-refractivity contribution in [2.75, 3.05) is 7.05 Å². The van der Waals surface area contributed by atoms with Gasteiger partial charge in [0.1, 0.15) is 0 Å². The van der Waals surface area contributed by atoms with Crippen molar-refractivity contribution in [3.05, 3.63) is 46.8 Å². The molecular formula is C16H23N3. The van der Waals surface area contributed by atoms with Gasteiger partial charge < -0.3 is 5.32 Å². The highest BCUT2D eigenvalue weighted by molar-refractivity contribution is 5.40. The minimum absolute atomic E-state index is 0.350. The van der Waals surface area contributed by atoms with E-state index in [0.717, 1.165) is 17.8 Å². The first-order chi connectivity index (χ1) is 9.08. The summed E-state index contributed by atoms with van der Waals surface area (Å²) in [5.41, 5.74) is 6.15.